The van der Waals surface area contributed by atoms with Gasteiger partial charge in [-0.3, -0.25) is 20.0 Å². The summed E-state index contributed by atoms with van der Waals surface area (Å²) in [5.74, 6) is 0. The number of piperazine rings is 1. The van der Waals surface area contributed by atoms with Crippen LogP contribution in [0.1, 0.15) is 29.2 Å². The highest BCUT2D eigenvalue weighted by Crippen LogP contribution is 2.16. The van der Waals surface area contributed by atoms with Crippen molar-refractivity contribution in [2.75, 3.05) is 26.2 Å². The van der Waals surface area contributed by atoms with E-state index in [9.17, 15) is 10.1 Å². The van der Waals surface area contributed by atoms with Crippen LogP contribution < -0.4 is 0 Å². The van der Waals surface area contributed by atoms with E-state index < -0.39 is 0 Å². The first-order valence-corrected chi connectivity index (χ1v) is 9.26. The minimum atomic E-state index is -0.384. The van der Waals surface area contributed by atoms with Gasteiger partial charge in [-0.2, -0.15) is 5.10 Å². The van der Waals surface area contributed by atoms with Crippen LogP contribution in [0.4, 0.5) is 5.69 Å². The lowest BCUT2D eigenvalue weighted by molar-refractivity contribution is -0.384. The number of hydrazone groups is 1. The summed E-state index contributed by atoms with van der Waals surface area (Å²) in [7, 11) is 0. The van der Waals surface area contributed by atoms with E-state index >= 15 is 0 Å². The summed E-state index contributed by atoms with van der Waals surface area (Å²) >= 11 is 0. The largest absolute Gasteiger partial charge is 0.295 e. The lowest BCUT2D eigenvalue weighted by Gasteiger charge is -2.33. The molecule has 0 saturated carbocycles. The molecule has 1 aliphatic heterocycles. The normalized spacial score (nSPS) is 15.8. The molecule has 0 N–H and O–H groups in total. The van der Waals surface area contributed by atoms with Crippen LogP contribution in [0.25, 0.3) is 0 Å². The predicted molar refractivity (Wildman–Crippen MR) is 108 cm³/mol. The molecule has 6 heteroatoms. The van der Waals surface area contributed by atoms with Gasteiger partial charge < -0.3 is 0 Å². The Morgan fingerprint density at radius 2 is 1.74 bits per heavy atom. The smallest absolute Gasteiger partial charge is 0.269 e. The zero-order chi connectivity index (χ0) is 19.4. The van der Waals surface area contributed by atoms with Gasteiger partial charge in [0.1, 0.15) is 0 Å². The molecule has 2 aromatic rings. The van der Waals surface area contributed by atoms with Crippen molar-refractivity contribution in [2.24, 2.45) is 5.10 Å². The van der Waals surface area contributed by atoms with E-state index in [1.54, 1.807) is 12.1 Å². The molecular weight excluding hydrogens is 340 g/mol. The Labute approximate surface area is 160 Å². The molecule has 2 aromatic carbocycles. The number of benzene rings is 2. The molecule has 0 unspecified atom stereocenters. The van der Waals surface area contributed by atoms with Gasteiger partial charge >= 0.3 is 0 Å². The van der Waals surface area contributed by atoms with Gasteiger partial charge in [0.25, 0.3) is 5.69 Å². The third-order valence-electron chi connectivity index (χ3n) is 5.03. The summed E-state index contributed by atoms with van der Waals surface area (Å²) in [6.45, 7) is 10.9. The van der Waals surface area contributed by atoms with Gasteiger partial charge in [0.15, 0.2) is 0 Å². The van der Waals surface area contributed by atoms with Crippen LogP contribution in [0.5, 0.6) is 0 Å². The second-order valence-corrected chi connectivity index (χ2v) is 7.15. The number of nitro benzene ring substituents is 1. The van der Waals surface area contributed by atoms with E-state index in [2.05, 4.69) is 42.0 Å². The Morgan fingerprint density at radius 3 is 2.33 bits per heavy atom. The Balaban J connectivity index is 1.56. The molecule has 0 aliphatic carbocycles. The molecule has 1 fully saturated rings. The topological polar surface area (TPSA) is 62.0 Å². The number of nitrogens with zero attached hydrogens (tertiary/aromatic N) is 4. The minimum Gasteiger partial charge on any atom is -0.295 e. The molecule has 0 aromatic heterocycles. The van der Waals surface area contributed by atoms with Crippen molar-refractivity contribution in [1.82, 2.24) is 9.91 Å². The molecular formula is C21H26N4O2. The Hall–Kier alpha value is -2.73. The molecule has 0 radical (unpaired) electrons. The average Bonchev–Trinajstić information content (AvgIpc) is 2.65. The van der Waals surface area contributed by atoms with Crippen LogP contribution >= 0.6 is 0 Å². The maximum absolute atomic E-state index is 10.8. The zero-order valence-corrected chi connectivity index (χ0v) is 16.2. The van der Waals surface area contributed by atoms with Crippen molar-refractivity contribution in [1.29, 1.82) is 0 Å². The molecule has 1 aliphatic rings. The fourth-order valence-corrected chi connectivity index (χ4v) is 3.35. The van der Waals surface area contributed by atoms with Gasteiger partial charge in [0, 0.05) is 44.9 Å². The molecule has 1 saturated heterocycles. The van der Waals surface area contributed by atoms with Crippen molar-refractivity contribution < 1.29 is 4.92 Å². The van der Waals surface area contributed by atoms with E-state index in [4.69, 9.17) is 5.10 Å². The lowest BCUT2D eigenvalue weighted by atomic mass is 10.1. The quantitative estimate of drug-likeness (QED) is 0.459. The highest BCUT2D eigenvalue weighted by molar-refractivity contribution is 5.98. The summed E-state index contributed by atoms with van der Waals surface area (Å²) < 4.78 is 0. The molecule has 27 heavy (non-hydrogen) atoms. The first-order chi connectivity index (χ1) is 12.9. The van der Waals surface area contributed by atoms with Gasteiger partial charge in [-0.15, -0.1) is 0 Å². The number of non-ortho nitro benzene ring substituents is 1. The van der Waals surface area contributed by atoms with Crippen molar-refractivity contribution in [3.63, 3.8) is 0 Å². The molecule has 0 bridgehead atoms. The van der Waals surface area contributed by atoms with Crippen molar-refractivity contribution in [3.05, 3.63) is 74.8 Å². The highest BCUT2D eigenvalue weighted by atomic mass is 16.6. The minimum absolute atomic E-state index is 0.103. The van der Waals surface area contributed by atoms with Crippen molar-refractivity contribution in [3.8, 4) is 0 Å². The standard InChI is InChI=1S/C21H26N4O2/c1-16-4-5-20(17(2)14-16)15-23-10-12-24(13-11-23)22-18(3)19-6-8-21(9-7-19)25(26)27/h4-9,14H,10-13,15H2,1-3H3. The van der Waals surface area contributed by atoms with Gasteiger partial charge in [-0.25, -0.2) is 0 Å². The third kappa shape index (κ3) is 4.92. The first kappa shape index (κ1) is 19.0. The number of aryl methyl sites for hydroxylation is 2. The summed E-state index contributed by atoms with van der Waals surface area (Å²) in [4.78, 5) is 12.8. The zero-order valence-electron chi connectivity index (χ0n) is 16.2. The van der Waals surface area contributed by atoms with E-state index in [1.807, 2.05) is 6.92 Å². The van der Waals surface area contributed by atoms with Crippen molar-refractivity contribution in [2.45, 2.75) is 27.3 Å². The van der Waals surface area contributed by atoms with Crippen LogP contribution in [0, 0.1) is 24.0 Å². The van der Waals surface area contributed by atoms with Crippen LogP contribution in [0.2, 0.25) is 0 Å². The van der Waals surface area contributed by atoms with Crippen molar-refractivity contribution >= 4 is 11.4 Å². The van der Waals surface area contributed by atoms with E-state index in [0.29, 0.717) is 0 Å². The van der Waals surface area contributed by atoms with Gasteiger partial charge in [-0.1, -0.05) is 23.8 Å². The maximum atomic E-state index is 10.8. The van der Waals surface area contributed by atoms with Crippen LogP contribution in [-0.2, 0) is 6.54 Å². The molecule has 3 rings (SSSR count). The Kier molecular flexibility index (Phi) is 5.86. The fourth-order valence-electron chi connectivity index (χ4n) is 3.35. The molecule has 0 atom stereocenters. The van der Waals surface area contributed by atoms with Gasteiger partial charge in [0.05, 0.1) is 10.6 Å². The van der Waals surface area contributed by atoms with E-state index in [0.717, 1.165) is 44.0 Å². The molecule has 1 heterocycles. The Bertz CT molecular complexity index is 838. The molecule has 142 valence electrons. The van der Waals surface area contributed by atoms with Gasteiger partial charge in [0.2, 0.25) is 0 Å². The maximum Gasteiger partial charge on any atom is 0.269 e. The van der Waals surface area contributed by atoms with Gasteiger partial charge in [-0.05, 0) is 49.6 Å². The monoisotopic (exact) mass is 366 g/mol. The lowest BCUT2D eigenvalue weighted by Crippen LogP contribution is -2.43. The van der Waals surface area contributed by atoms with E-state index in [1.165, 1.54) is 28.8 Å². The van der Waals surface area contributed by atoms with Crippen LogP contribution in [0.15, 0.2) is 47.6 Å². The predicted octanol–water partition coefficient (Wildman–Crippen LogP) is 3.75. The molecule has 0 amide bonds. The Morgan fingerprint density at radius 1 is 1.07 bits per heavy atom. The second kappa shape index (κ2) is 8.31. The number of nitro groups is 1. The van der Waals surface area contributed by atoms with Crippen LogP contribution in [-0.4, -0.2) is 46.7 Å². The average molecular weight is 366 g/mol. The summed E-state index contributed by atoms with van der Waals surface area (Å²) in [5.41, 5.74) is 5.94. The summed E-state index contributed by atoms with van der Waals surface area (Å²) in [5, 5.41) is 17.6. The van der Waals surface area contributed by atoms with E-state index in [-0.39, 0.29) is 10.6 Å². The fraction of sp³-hybridized carbons (Fsp3) is 0.381. The SMILES string of the molecule is CC(=NN1CCN(Cc2ccc(C)cc2C)CC1)c1ccc([N+](=O)[O-])cc1. The second-order valence-electron chi connectivity index (χ2n) is 7.15. The number of hydrogen-bond acceptors (Lipinski definition) is 5. The highest BCUT2D eigenvalue weighted by Gasteiger charge is 2.17. The number of rotatable bonds is 5. The molecule has 6 nitrogen and oxygen atoms in total. The van der Waals surface area contributed by atoms with Crippen LogP contribution in [0.3, 0.4) is 0 Å². The number of hydrogen-bond donors (Lipinski definition) is 0. The summed E-state index contributed by atoms with van der Waals surface area (Å²) in [6, 6.07) is 13.2. The first-order valence-electron chi connectivity index (χ1n) is 9.26. The molecule has 0 spiro atoms. The third-order valence-corrected chi connectivity index (χ3v) is 5.03. The summed E-state index contributed by atoms with van der Waals surface area (Å²) in [6.07, 6.45) is 0.